The molecule has 6 rings (SSSR count). The number of rotatable bonds is 4. The lowest BCUT2D eigenvalue weighted by Crippen LogP contribution is -2.55. The zero-order chi connectivity index (χ0) is 19.5. The highest BCUT2D eigenvalue weighted by Crippen LogP contribution is 2.82. The van der Waals surface area contributed by atoms with Crippen molar-refractivity contribution in [3.8, 4) is 0 Å². The third kappa shape index (κ3) is 2.39. The molecule has 3 aliphatic carbocycles. The van der Waals surface area contributed by atoms with Crippen molar-refractivity contribution in [2.75, 3.05) is 0 Å². The van der Waals surface area contributed by atoms with E-state index in [2.05, 4.69) is 89.8 Å². The van der Waals surface area contributed by atoms with Gasteiger partial charge in [0.2, 0.25) is 0 Å². The number of benzene rings is 2. The molecule has 4 atom stereocenters. The molecular formula is C27H29NO. The molecule has 3 saturated carbocycles. The van der Waals surface area contributed by atoms with E-state index in [0.29, 0.717) is 18.4 Å². The Hall–Kier alpha value is -2.32. The van der Waals surface area contributed by atoms with Gasteiger partial charge in [-0.25, -0.2) is 0 Å². The van der Waals surface area contributed by atoms with E-state index >= 15 is 0 Å². The molecule has 1 N–H and O–H groups in total. The molecule has 3 aromatic rings. The second kappa shape index (κ2) is 6.09. The van der Waals surface area contributed by atoms with Crippen LogP contribution in [0.3, 0.4) is 0 Å². The summed E-state index contributed by atoms with van der Waals surface area (Å²) < 4.78 is 2.22. The van der Waals surface area contributed by atoms with Crippen LogP contribution in [0.1, 0.15) is 55.1 Å². The quantitative estimate of drug-likeness (QED) is 0.609. The Morgan fingerprint density at radius 3 is 1.69 bits per heavy atom. The summed E-state index contributed by atoms with van der Waals surface area (Å²) in [6, 6.07) is 26.0. The summed E-state index contributed by atoms with van der Waals surface area (Å²) >= 11 is 0. The zero-order valence-corrected chi connectivity index (χ0v) is 16.9. The Morgan fingerprint density at radius 2 is 1.21 bits per heavy atom. The molecule has 2 spiro atoms. The predicted octanol–water partition coefficient (Wildman–Crippen LogP) is 5.75. The Labute approximate surface area is 173 Å². The van der Waals surface area contributed by atoms with E-state index in [1.54, 1.807) is 0 Å². The van der Waals surface area contributed by atoms with Crippen LogP contribution in [0.25, 0.3) is 0 Å². The van der Waals surface area contributed by atoms with Gasteiger partial charge in [-0.15, -0.1) is 0 Å². The van der Waals surface area contributed by atoms with Crippen LogP contribution >= 0.6 is 0 Å². The molecule has 0 bridgehead atoms. The van der Waals surface area contributed by atoms with Crippen molar-refractivity contribution >= 4 is 0 Å². The molecule has 2 heteroatoms. The number of hydrogen-bond acceptors (Lipinski definition) is 1. The highest BCUT2D eigenvalue weighted by atomic mass is 16.3. The smallest absolute Gasteiger partial charge is 0.0949 e. The van der Waals surface area contributed by atoms with Crippen LogP contribution in [0.5, 0.6) is 0 Å². The second-order valence-corrected chi connectivity index (χ2v) is 9.72. The molecule has 29 heavy (non-hydrogen) atoms. The van der Waals surface area contributed by atoms with Crippen molar-refractivity contribution in [2.45, 2.75) is 56.1 Å². The highest BCUT2D eigenvalue weighted by molar-refractivity contribution is 5.42. The molecule has 0 saturated heterocycles. The maximum absolute atomic E-state index is 12.7. The molecule has 148 valence electrons. The Bertz CT molecular complexity index is 934. The monoisotopic (exact) mass is 383 g/mol. The first-order valence-electron chi connectivity index (χ1n) is 11.1. The van der Waals surface area contributed by atoms with Crippen molar-refractivity contribution < 1.29 is 5.11 Å². The molecule has 2 nitrogen and oxygen atoms in total. The fourth-order valence-electron chi connectivity index (χ4n) is 7.01. The largest absolute Gasteiger partial charge is 0.387 e. The molecule has 1 heterocycles. The van der Waals surface area contributed by atoms with E-state index in [0.717, 1.165) is 25.7 Å². The predicted molar refractivity (Wildman–Crippen MR) is 116 cm³/mol. The topological polar surface area (TPSA) is 25.2 Å². The molecular weight excluding hydrogens is 354 g/mol. The zero-order valence-electron chi connectivity index (χ0n) is 16.9. The summed E-state index contributed by atoms with van der Waals surface area (Å²) in [5.41, 5.74) is 2.18. The van der Waals surface area contributed by atoms with Crippen LogP contribution in [0.2, 0.25) is 0 Å². The van der Waals surface area contributed by atoms with Crippen molar-refractivity contribution in [3.63, 3.8) is 0 Å². The van der Waals surface area contributed by atoms with E-state index in [1.165, 1.54) is 17.5 Å². The molecule has 0 radical (unpaired) electrons. The van der Waals surface area contributed by atoms with Gasteiger partial charge in [0.15, 0.2) is 0 Å². The van der Waals surface area contributed by atoms with Crippen LogP contribution in [-0.2, 0) is 6.54 Å². The summed E-state index contributed by atoms with van der Waals surface area (Å²) in [6.07, 6.45) is 10.0. The van der Waals surface area contributed by atoms with Gasteiger partial charge in [-0.1, -0.05) is 67.1 Å². The molecule has 1 aromatic heterocycles. The Kier molecular flexibility index (Phi) is 3.68. The highest BCUT2D eigenvalue weighted by Gasteiger charge is 2.79. The maximum atomic E-state index is 12.7. The van der Waals surface area contributed by atoms with Crippen LogP contribution in [-0.4, -0.2) is 15.3 Å². The van der Waals surface area contributed by atoms with E-state index in [4.69, 9.17) is 0 Å². The molecule has 0 aliphatic heterocycles. The fraction of sp³-hybridized carbons (Fsp3) is 0.407. The molecule has 3 fully saturated rings. The lowest BCUT2D eigenvalue weighted by Gasteiger charge is -2.49. The lowest BCUT2D eigenvalue weighted by molar-refractivity contribution is -0.138. The summed E-state index contributed by atoms with van der Waals surface area (Å²) in [4.78, 5) is 0. The van der Waals surface area contributed by atoms with E-state index < -0.39 is 5.60 Å². The molecule has 4 unspecified atom stereocenters. The minimum absolute atomic E-state index is 0.0143. The summed E-state index contributed by atoms with van der Waals surface area (Å²) in [6.45, 7) is 0.715. The molecule has 3 aliphatic rings. The standard InChI is InChI=1S/C27H29NO/c29-27(20-28-16-7-8-17-28)25(18-23(25)21-10-3-1-4-11-21)14-9-15-26(27)19-24(26)22-12-5-2-6-13-22/h1-8,10-13,16-17,23-24,29H,9,14-15,18-20H2. The third-order valence-electron chi connectivity index (χ3n) is 8.53. The van der Waals surface area contributed by atoms with Gasteiger partial charge < -0.3 is 9.67 Å². The normalized spacial score (nSPS) is 37.7. The van der Waals surface area contributed by atoms with E-state index in [1.807, 2.05) is 0 Å². The van der Waals surface area contributed by atoms with Gasteiger partial charge in [-0.3, -0.25) is 0 Å². The average Bonchev–Trinajstić information content (AvgIpc) is 3.62. The first-order chi connectivity index (χ1) is 14.2. The van der Waals surface area contributed by atoms with Gasteiger partial charge in [0.25, 0.3) is 0 Å². The van der Waals surface area contributed by atoms with Gasteiger partial charge in [0.1, 0.15) is 0 Å². The van der Waals surface area contributed by atoms with Gasteiger partial charge in [-0.05, 0) is 60.8 Å². The SMILES string of the molecule is OC1(Cn2cccc2)C2(CCCC13CC3c1ccccc1)CC2c1ccccc1. The summed E-state index contributed by atoms with van der Waals surface area (Å²) in [7, 11) is 0. The van der Waals surface area contributed by atoms with Crippen LogP contribution in [0, 0.1) is 10.8 Å². The van der Waals surface area contributed by atoms with E-state index in [-0.39, 0.29) is 10.8 Å². The first kappa shape index (κ1) is 17.5. The van der Waals surface area contributed by atoms with Crippen LogP contribution in [0.4, 0.5) is 0 Å². The van der Waals surface area contributed by atoms with Gasteiger partial charge in [0, 0.05) is 23.2 Å². The third-order valence-corrected chi connectivity index (χ3v) is 8.53. The number of nitrogens with zero attached hydrogens (tertiary/aromatic N) is 1. The average molecular weight is 384 g/mol. The second-order valence-electron chi connectivity index (χ2n) is 9.72. The number of aromatic nitrogens is 1. The van der Waals surface area contributed by atoms with Crippen molar-refractivity contribution in [3.05, 3.63) is 96.3 Å². The number of aliphatic hydroxyl groups is 1. The van der Waals surface area contributed by atoms with Gasteiger partial charge in [-0.2, -0.15) is 0 Å². The summed E-state index contributed by atoms with van der Waals surface area (Å²) in [5.74, 6) is 0.969. The van der Waals surface area contributed by atoms with Crippen molar-refractivity contribution in [1.82, 2.24) is 4.57 Å². The first-order valence-corrected chi connectivity index (χ1v) is 11.1. The minimum atomic E-state index is -0.668. The summed E-state index contributed by atoms with van der Waals surface area (Å²) in [5, 5.41) is 12.7. The Morgan fingerprint density at radius 1 is 0.724 bits per heavy atom. The molecule has 0 amide bonds. The Balaban J connectivity index is 1.43. The van der Waals surface area contributed by atoms with Gasteiger partial charge in [0.05, 0.1) is 12.1 Å². The lowest BCUT2D eigenvalue weighted by atomic mass is 9.60. The van der Waals surface area contributed by atoms with Crippen molar-refractivity contribution in [2.24, 2.45) is 10.8 Å². The van der Waals surface area contributed by atoms with Crippen LogP contribution in [0.15, 0.2) is 85.2 Å². The fourth-order valence-corrected chi connectivity index (χ4v) is 7.01. The van der Waals surface area contributed by atoms with Gasteiger partial charge >= 0.3 is 0 Å². The van der Waals surface area contributed by atoms with Crippen molar-refractivity contribution in [1.29, 1.82) is 0 Å². The number of hydrogen-bond donors (Lipinski definition) is 1. The molecule has 2 aromatic carbocycles. The maximum Gasteiger partial charge on any atom is 0.0949 e. The van der Waals surface area contributed by atoms with E-state index in [9.17, 15) is 5.11 Å². The van der Waals surface area contributed by atoms with Crippen LogP contribution < -0.4 is 0 Å². The minimum Gasteiger partial charge on any atom is -0.387 e.